The van der Waals surface area contributed by atoms with E-state index in [2.05, 4.69) is 30.2 Å². The Balaban J connectivity index is 1.89. The molecule has 2 unspecified atom stereocenters. The largest absolute Gasteiger partial charge is 0.492 e. The van der Waals surface area contributed by atoms with Crippen molar-refractivity contribution in [1.82, 2.24) is 10.3 Å². The van der Waals surface area contributed by atoms with Gasteiger partial charge in [0.1, 0.15) is 5.75 Å². The van der Waals surface area contributed by atoms with Crippen molar-refractivity contribution >= 4 is 0 Å². The molecule has 3 heteroatoms. The first-order valence-corrected chi connectivity index (χ1v) is 7.49. The minimum Gasteiger partial charge on any atom is -0.492 e. The van der Waals surface area contributed by atoms with Gasteiger partial charge >= 0.3 is 0 Å². The topological polar surface area (TPSA) is 34.1 Å². The lowest BCUT2D eigenvalue weighted by atomic mass is 9.70. The Morgan fingerprint density at radius 2 is 2.21 bits per heavy atom. The van der Waals surface area contributed by atoms with Crippen LogP contribution in [-0.2, 0) is 0 Å². The molecule has 0 amide bonds. The Kier molecular flexibility index (Phi) is 5.20. The van der Waals surface area contributed by atoms with Crippen molar-refractivity contribution in [2.75, 3.05) is 19.7 Å². The summed E-state index contributed by atoms with van der Waals surface area (Å²) in [5.74, 6) is 3.05. The van der Waals surface area contributed by atoms with E-state index in [4.69, 9.17) is 4.74 Å². The van der Waals surface area contributed by atoms with Crippen LogP contribution >= 0.6 is 0 Å². The number of aromatic nitrogens is 1. The van der Waals surface area contributed by atoms with Crippen molar-refractivity contribution in [2.24, 2.45) is 11.8 Å². The summed E-state index contributed by atoms with van der Waals surface area (Å²) in [7, 11) is 0. The van der Waals surface area contributed by atoms with Crippen LogP contribution in [0.3, 0.4) is 0 Å². The fourth-order valence-corrected chi connectivity index (χ4v) is 2.69. The highest BCUT2D eigenvalue weighted by Gasteiger charge is 2.32. The van der Waals surface area contributed by atoms with Crippen LogP contribution in [0.5, 0.6) is 5.75 Å². The summed E-state index contributed by atoms with van der Waals surface area (Å²) in [6.45, 7) is 9.45. The van der Waals surface area contributed by atoms with E-state index >= 15 is 0 Å². The van der Waals surface area contributed by atoms with Crippen molar-refractivity contribution < 1.29 is 4.74 Å². The highest BCUT2D eigenvalue weighted by molar-refractivity contribution is 5.28. The van der Waals surface area contributed by atoms with E-state index in [0.29, 0.717) is 12.5 Å². The zero-order chi connectivity index (χ0) is 13.7. The van der Waals surface area contributed by atoms with Crippen LogP contribution < -0.4 is 10.1 Å². The quantitative estimate of drug-likeness (QED) is 0.819. The lowest BCUT2D eigenvalue weighted by Gasteiger charge is -2.37. The van der Waals surface area contributed by atoms with Crippen LogP contribution in [0.15, 0.2) is 18.5 Å². The minimum absolute atomic E-state index is 0.660. The third-order valence-electron chi connectivity index (χ3n) is 3.85. The number of hydrogen-bond acceptors (Lipinski definition) is 3. The summed E-state index contributed by atoms with van der Waals surface area (Å²) < 4.78 is 5.53. The Labute approximate surface area is 116 Å². The second kappa shape index (κ2) is 6.90. The number of nitrogens with one attached hydrogen (secondary N) is 1. The molecule has 0 spiro atoms. The van der Waals surface area contributed by atoms with Crippen LogP contribution in [0.25, 0.3) is 0 Å². The Morgan fingerprint density at radius 1 is 1.37 bits per heavy atom. The van der Waals surface area contributed by atoms with Crippen LogP contribution in [-0.4, -0.2) is 24.7 Å². The summed E-state index contributed by atoms with van der Waals surface area (Å²) >= 11 is 0. The molecule has 0 bridgehead atoms. The van der Waals surface area contributed by atoms with Crippen LogP contribution in [0.4, 0.5) is 0 Å². The van der Waals surface area contributed by atoms with E-state index in [0.717, 1.165) is 30.7 Å². The maximum Gasteiger partial charge on any atom is 0.137 e. The van der Waals surface area contributed by atoms with Crippen molar-refractivity contribution in [3.05, 3.63) is 24.0 Å². The summed E-state index contributed by atoms with van der Waals surface area (Å²) in [5.41, 5.74) is 1.34. The second-order valence-corrected chi connectivity index (χ2v) is 5.88. The Morgan fingerprint density at radius 3 is 2.84 bits per heavy atom. The molecule has 1 aromatic rings. The number of hydrogen-bond donors (Lipinski definition) is 1. The Bertz CT molecular complexity index is 392. The molecule has 1 N–H and O–H groups in total. The van der Waals surface area contributed by atoms with E-state index in [1.165, 1.54) is 18.4 Å². The van der Waals surface area contributed by atoms with Gasteiger partial charge in [-0.25, -0.2) is 0 Å². The number of rotatable bonds is 7. The average Bonchev–Trinajstić information content (AvgIpc) is 2.34. The zero-order valence-electron chi connectivity index (χ0n) is 12.4. The molecular weight excluding hydrogens is 236 g/mol. The molecule has 2 atom stereocenters. The lowest BCUT2D eigenvalue weighted by molar-refractivity contribution is 0.242. The van der Waals surface area contributed by atoms with Crippen molar-refractivity contribution in [2.45, 2.75) is 39.5 Å². The van der Waals surface area contributed by atoms with Gasteiger partial charge in [-0.3, -0.25) is 4.98 Å². The van der Waals surface area contributed by atoms with Crippen molar-refractivity contribution in [3.63, 3.8) is 0 Å². The number of ether oxygens (including phenoxy) is 1. The van der Waals surface area contributed by atoms with Gasteiger partial charge in [0.15, 0.2) is 0 Å². The Hall–Kier alpha value is -1.09. The molecule has 106 valence electrons. The van der Waals surface area contributed by atoms with Gasteiger partial charge in [0.2, 0.25) is 0 Å². The van der Waals surface area contributed by atoms with Gasteiger partial charge in [0.05, 0.1) is 12.8 Å². The third-order valence-corrected chi connectivity index (χ3v) is 3.85. The normalized spacial score (nSPS) is 22.3. The predicted octanol–water partition coefficient (Wildman–Crippen LogP) is 3.22. The second-order valence-electron chi connectivity index (χ2n) is 5.88. The molecule has 2 rings (SSSR count). The van der Waals surface area contributed by atoms with Crippen molar-refractivity contribution in [1.29, 1.82) is 0 Å². The summed E-state index contributed by atoms with van der Waals surface area (Å²) in [4.78, 5) is 4.30. The van der Waals surface area contributed by atoms with Gasteiger partial charge in [0.25, 0.3) is 0 Å². The monoisotopic (exact) mass is 262 g/mol. The highest BCUT2D eigenvalue weighted by Crippen LogP contribution is 2.42. The molecule has 1 aliphatic rings. The molecule has 0 aromatic carbocycles. The van der Waals surface area contributed by atoms with E-state index in [9.17, 15) is 0 Å². The molecule has 0 saturated heterocycles. The lowest BCUT2D eigenvalue weighted by Crippen LogP contribution is -2.35. The van der Waals surface area contributed by atoms with E-state index in [-0.39, 0.29) is 0 Å². The average molecular weight is 262 g/mol. The van der Waals surface area contributed by atoms with Gasteiger partial charge < -0.3 is 10.1 Å². The fourth-order valence-electron chi connectivity index (χ4n) is 2.69. The summed E-state index contributed by atoms with van der Waals surface area (Å²) in [6, 6.07) is 2.16. The molecule has 1 aromatic heterocycles. The summed E-state index contributed by atoms with van der Waals surface area (Å²) in [5, 5.41) is 3.57. The van der Waals surface area contributed by atoms with Gasteiger partial charge in [-0.2, -0.15) is 0 Å². The molecule has 0 aliphatic heterocycles. The first kappa shape index (κ1) is 14.3. The maximum atomic E-state index is 5.53. The molecule has 19 heavy (non-hydrogen) atoms. The molecule has 1 fully saturated rings. The highest BCUT2D eigenvalue weighted by atomic mass is 16.5. The first-order chi connectivity index (χ1) is 9.20. The van der Waals surface area contributed by atoms with E-state index in [1.54, 1.807) is 6.20 Å². The standard InChI is InChI=1S/C16H26N2O/c1-4-19-15-7-14(10-18-11-15)16-6-5-13(16)9-17-8-12(2)3/h7,10-13,16-17H,4-6,8-9H2,1-3H3. The van der Waals surface area contributed by atoms with E-state index in [1.807, 2.05) is 13.1 Å². The first-order valence-electron chi connectivity index (χ1n) is 7.49. The maximum absolute atomic E-state index is 5.53. The molecule has 1 heterocycles. The van der Waals surface area contributed by atoms with Crippen LogP contribution in [0, 0.1) is 11.8 Å². The molecule has 3 nitrogen and oxygen atoms in total. The summed E-state index contributed by atoms with van der Waals surface area (Å²) in [6.07, 6.45) is 6.42. The van der Waals surface area contributed by atoms with Crippen LogP contribution in [0.2, 0.25) is 0 Å². The van der Waals surface area contributed by atoms with Crippen LogP contribution in [0.1, 0.15) is 45.1 Å². The third kappa shape index (κ3) is 3.93. The smallest absolute Gasteiger partial charge is 0.137 e. The van der Waals surface area contributed by atoms with Crippen molar-refractivity contribution in [3.8, 4) is 5.75 Å². The van der Waals surface area contributed by atoms with Gasteiger partial charge in [-0.05, 0) is 62.2 Å². The minimum atomic E-state index is 0.660. The van der Waals surface area contributed by atoms with Gasteiger partial charge in [0, 0.05) is 6.20 Å². The predicted molar refractivity (Wildman–Crippen MR) is 78.6 cm³/mol. The number of pyridine rings is 1. The molecule has 1 saturated carbocycles. The van der Waals surface area contributed by atoms with Gasteiger partial charge in [-0.1, -0.05) is 13.8 Å². The fraction of sp³-hybridized carbons (Fsp3) is 0.688. The SMILES string of the molecule is CCOc1cncc(C2CCC2CNCC(C)C)c1. The molecular formula is C16H26N2O. The van der Waals surface area contributed by atoms with Gasteiger partial charge in [-0.15, -0.1) is 0 Å². The van der Waals surface area contributed by atoms with E-state index < -0.39 is 0 Å². The molecule has 1 aliphatic carbocycles. The number of nitrogens with zero attached hydrogens (tertiary/aromatic N) is 1. The zero-order valence-corrected chi connectivity index (χ0v) is 12.4. The molecule has 0 radical (unpaired) electrons.